The van der Waals surface area contributed by atoms with E-state index >= 15 is 0 Å². The summed E-state index contributed by atoms with van der Waals surface area (Å²) in [6.45, 7) is 2.00. The Kier molecular flexibility index (Phi) is 5.04. The van der Waals surface area contributed by atoms with Gasteiger partial charge < -0.3 is 15.7 Å². The molecule has 3 N–H and O–H groups in total. The minimum Gasteiger partial charge on any atom is -0.505 e. The predicted octanol–water partition coefficient (Wildman–Crippen LogP) is 1.95. The Labute approximate surface area is 115 Å². The maximum absolute atomic E-state index is 13.1. The number of phenolic OH excluding ortho intramolecular Hbond substituents is 1. The van der Waals surface area contributed by atoms with Crippen LogP contribution < -0.4 is 10.6 Å². The van der Waals surface area contributed by atoms with E-state index in [2.05, 4.69) is 10.6 Å². The zero-order valence-corrected chi connectivity index (χ0v) is 11.3. The Bertz CT molecular complexity index is 450. The van der Waals surface area contributed by atoms with Gasteiger partial charge in [0.2, 0.25) is 5.91 Å². The summed E-state index contributed by atoms with van der Waals surface area (Å²) < 4.78 is 13.1. The standard InChI is InChI=1S/C13H17FN2O2S/c14-11-7-9(1-2-12(11)17)16-13(18)8-19-10-3-5-15-6-4-10/h1-2,7,10,15,17H,3-6,8H2,(H,16,18). The molecule has 0 unspecified atom stereocenters. The Morgan fingerprint density at radius 1 is 1.47 bits per heavy atom. The summed E-state index contributed by atoms with van der Waals surface area (Å²) in [6, 6.07) is 3.82. The number of halogens is 1. The maximum atomic E-state index is 13.1. The number of carbonyl (C=O) groups excluding carboxylic acids is 1. The van der Waals surface area contributed by atoms with Crippen molar-refractivity contribution < 1.29 is 14.3 Å². The second kappa shape index (κ2) is 6.77. The van der Waals surface area contributed by atoms with Crippen LogP contribution in [0.25, 0.3) is 0 Å². The van der Waals surface area contributed by atoms with Gasteiger partial charge in [-0.2, -0.15) is 0 Å². The SMILES string of the molecule is O=C(CSC1CCNCC1)Nc1ccc(O)c(F)c1. The maximum Gasteiger partial charge on any atom is 0.234 e. The van der Waals surface area contributed by atoms with Crippen molar-refractivity contribution in [3.63, 3.8) is 0 Å². The molecule has 1 heterocycles. The highest BCUT2D eigenvalue weighted by Crippen LogP contribution is 2.22. The third-order valence-electron chi connectivity index (χ3n) is 2.97. The number of hydrogen-bond acceptors (Lipinski definition) is 4. The van der Waals surface area contributed by atoms with Crippen molar-refractivity contribution in [2.75, 3.05) is 24.2 Å². The summed E-state index contributed by atoms with van der Waals surface area (Å²) in [5.74, 6) is -0.924. The van der Waals surface area contributed by atoms with E-state index in [0.717, 1.165) is 32.0 Å². The van der Waals surface area contributed by atoms with Crippen LogP contribution in [0.2, 0.25) is 0 Å². The number of nitrogens with one attached hydrogen (secondary N) is 2. The average molecular weight is 284 g/mol. The van der Waals surface area contributed by atoms with Crippen molar-refractivity contribution in [2.45, 2.75) is 18.1 Å². The van der Waals surface area contributed by atoms with E-state index in [4.69, 9.17) is 5.11 Å². The molecule has 0 aliphatic carbocycles. The topological polar surface area (TPSA) is 61.4 Å². The molecular formula is C13H17FN2O2S. The number of piperidine rings is 1. The minimum atomic E-state index is -0.733. The number of hydrogen-bond donors (Lipinski definition) is 3. The van der Waals surface area contributed by atoms with Crippen molar-refractivity contribution >= 4 is 23.4 Å². The van der Waals surface area contributed by atoms with Crippen LogP contribution in [0.3, 0.4) is 0 Å². The molecule has 1 aromatic carbocycles. The van der Waals surface area contributed by atoms with E-state index in [1.165, 1.54) is 12.1 Å². The molecule has 1 aliphatic heterocycles. The quantitative estimate of drug-likeness (QED) is 0.740. The van der Waals surface area contributed by atoms with E-state index in [9.17, 15) is 9.18 Å². The largest absolute Gasteiger partial charge is 0.505 e. The molecule has 0 aromatic heterocycles. The Balaban J connectivity index is 1.78. The highest BCUT2D eigenvalue weighted by molar-refractivity contribution is 8.00. The predicted molar refractivity (Wildman–Crippen MR) is 75.0 cm³/mol. The molecule has 0 bridgehead atoms. The molecule has 19 heavy (non-hydrogen) atoms. The molecule has 1 saturated heterocycles. The van der Waals surface area contributed by atoms with Crippen molar-refractivity contribution in [3.8, 4) is 5.75 Å². The number of carbonyl (C=O) groups is 1. The van der Waals surface area contributed by atoms with E-state index in [1.807, 2.05) is 0 Å². The number of thioether (sulfide) groups is 1. The third-order valence-corrected chi connectivity index (χ3v) is 4.34. The van der Waals surface area contributed by atoms with E-state index in [-0.39, 0.29) is 5.91 Å². The Morgan fingerprint density at radius 2 is 2.21 bits per heavy atom. The van der Waals surface area contributed by atoms with Crippen LogP contribution in [0.1, 0.15) is 12.8 Å². The number of benzene rings is 1. The van der Waals surface area contributed by atoms with Gasteiger partial charge in [-0.1, -0.05) is 0 Å². The fourth-order valence-electron chi connectivity index (χ4n) is 1.94. The fraction of sp³-hybridized carbons (Fsp3) is 0.462. The van der Waals surface area contributed by atoms with Crippen LogP contribution in [0, 0.1) is 5.82 Å². The lowest BCUT2D eigenvalue weighted by Gasteiger charge is -2.21. The number of amides is 1. The number of anilines is 1. The summed E-state index contributed by atoms with van der Waals surface area (Å²) in [6.07, 6.45) is 2.15. The van der Waals surface area contributed by atoms with Crippen LogP contribution in [-0.2, 0) is 4.79 Å². The fourth-order valence-corrected chi connectivity index (χ4v) is 2.97. The second-order valence-electron chi connectivity index (χ2n) is 4.47. The second-order valence-corrected chi connectivity index (χ2v) is 5.76. The molecule has 104 valence electrons. The summed E-state index contributed by atoms with van der Waals surface area (Å²) in [5.41, 5.74) is 0.367. The summed E-state index contributed by atoms with van der Waals surface area (Å²) in [4.78, 5) is 11.7. The monoisotopic (exact) mass is 284 g/mol. The van der Waals surface area contributed by atoms with Crippen LogP contribution in [0.15, 0.2) is 18.2 Å². The number of aromatic hydroxyl groups is 1. The molecular weight excluding hydrogens is 267 g/mol. The molecule has 1 amide bonds. The summed E-state index contributed by atoms with van der Waals surface area (Å²) in [7, 11) is 0. The normalized spacial score (nSPS) is 16.3. The molecule has 0 saturated carbocycles. The number of rotatable bonds is 4. The van der Waals surface area contributed by atoms with Crippen molar-refractivity contribution in [1.29, 1.82) is 0 Å². The molecule has 1 fully saturated rings. The smallest absolute Gasteiger partial charge is 0.234 e. The molecule has 0 spiro atoms. The van der Waals surface area contributed by atoms with Gasteiger partial charge in [0.1, 0.15) is 0 Å². The van der Waals surface area contributed by atoms with Gasteiger partial charge in [-0.3, -0.25) is 4.79 Å². The van der Waals surface area contributed by atoms with Gasteiger partial charge in [0.15, 0.2) is 11.6 Å². The van der Waals surface area contributed by atoms with Gasteiger partial charge in [0.05, 0.1) is 5.75 Å². The third kappa shape index (κ3) is 4.40. The van der Waals surface area contributed by atoms with E-state index in [0.29, 0.717) is 16.7 Å². The van der Waals surface area contributed by atoms with Crippen LogP contribution in [-0.4, -0.2) is 35.1 Å². The van der Waals surface area contributed by atoms with Crippen molar-refractivity contribution in [2.24, 2.45) is 0 Å². The van der Waals surface area contributed by atoms with E-state index in [1.54, 1.807) is 11.8 Å². The molecule has 6 heteroatoms. The molecule has 4 nitrogen and oxygen atoms in total. The zero-order valence-electron chi connectivity index (χ0n) is 10.5. The van der Waals surface area contributed by atoms with Crippen molar-refractivity contribution in [1.82, 2.24) is 5.32 Å². The van der Waals surface area contributed by atoms with Gasteiger partial charge in [-0.25, -0.2) is 4.39 Å². The molecule has 2 rings (SSSR count). The average Bonchev–Trinajstić information content (AvgIpc) is 2.42. The Morgan fingerprint density at radius 3 is 2.89 bits per heavy atom. The van der Waals surface area contributed by atoms with Crippen molar-refractivity contribution in [3.05, 3.63) is 24.0 Å². The van der Waals surface area contributed by atoms with Gasteiger partial charge in [-0.05, 0) is 38.1 Å². The highest BCUT2D eigenvalue weighted by atomic mass is 32.2. The van der Waals surface area contributed by atoms with Crippen LogP contribution in [0.4, 0.5) is 10.1 Å². The summed E-state index contributed by atoms with van der Waals surface area (Å²) in [5, 5.41) is 15.5. The van der Waals surface area contributed by atoms with Gasteiger partial charge in [-0.15, -0.1) is 11.8 Å². The first-order valence-corrected chi connectivity index (χ1v) is 7.31. The lowest BCUT2D eigenvalue weighted by atomic mass is 10.2. The van der Waals surface area contributed by atoms with E-state index < -0.39 is 11.6 Å². The van der Waals surface area contributed by atoms with Crippen LogP contribution >= 0.6 is 11.8 Å². The summed E-state index contributed by atoms with van der Waals surface area (Å²) >= 11 is 1.64. The number of phenols is 1. The first-order valence-electron chi connectivity index (χ1n) is 6.26. The molecule has 1 aromatic rings. The van der Waals surface area contributed by atoms with Gasteiger partial charge >= 0.3 is 0 Å². The molecule has 1 aliphatic rings. The first kappa shape index (κ1) is 14.1. The molecule has 0 radical (unpaired) electrons. The minimum absolute atomic E-state index is 0.145. The van der Waals surface area contributed by atoms with Gasteiger partial charge in [0.25, 0.3) is 0 Å². The lowest BCUT2D eigenvalue weighted by Crippen LogP contribution is -2.30. The van der Waals surface area contributed by atoms with Crippen LogP contribution in [0.5, 0.6) is 5.75 Å². The highest BCUT2D eigenvalue weighted by Gasteiger charge is 2.15. The Hall–Kier alpha value is -1.27. The zero-order chi connectivity index (χ0) is 13.7. The first-order chi connectivity index (χ1) is 9.15. The molecule has 0 atom stereocenters. The van der Waals surface area contributed by atoms with Gasteiger partial charge in [0, 0.05) is 17.0 Å². The lowest BCUT2D eigenvalue weighted by molar-refractivity contribution is -0.113.